The molecule has 0 N–H and O–H groups in total. The lowest BCUT2D eigenvalue weighted by Gasteiger charge is -2.04. The number of nitrogens with zero attached hydrogens (tertiary/aromatic N) is 12. The molecule has 0 saturated carbocycles. The van der Waals surface area contributed by atoms with E-state index in [-0.39, 0.29) is 51.5 Å². The fraction of sp³-hybridized carbons (Fsp3) is 0. The normalized spacial score (nSPS) is 10.0. The lowest BCUT2D eigenvalue weighted by molar-refractivity contribution is 0.959. The summed E-state index contributed by atoms with van der Waals surface area (Å²) in [6.07, 6.45) is 0. The molecule has 0 aromatic carbocycles. The monoisotopic (exact) mass is 348 g/mol. The van der Waals surface area contributed by atoms with Crippen LogP contribution in [0, 0.1) is 68.0 Å². The van der Waals surface area contributed by atoms with Crippen LogP contribution in [0.3, 0.4) is 0 Å². The minimum absolute atomic E-state index is 0.0740. The lowest BCUT2D eigenvalue weighted by atomic mass is 10.4. The van der Waals surface area contributed by atoms with Crippen LogP contribution in [0.1, 0.15) is 34.2 Å². The summed E-state index contributed by atoms with van der Waals surface area (Å²) >= 11 is 0. The molecule has 4 aromatic rings. The van der Waals surface area contributed by atoms with Crippen molar-refractivity contribution in [3.05, 3.63) is 34.2 Å². The van der Waals surface area contributed by atoms with Crippen molar-refractivity contribution >= 4 is 17.3 Å². The third-order valence-corrected chi connectivity index (χ3v) is 3.81. The molecule has 0 saturated heterocycles. The van der Waals surface area contributed by atoms with Gasteiger partial charge in [0.2, 0.25) is 17.3 Å². The number of fused-ring (bicyclic) bond motifs is 6. The highest BCUT2D eigenvalue weighted by Gasteiger charge is 2.27. The van der Waals surface area contributed by atoms with Crippen molar-refractivity contribution in [2.24, 2.45) is 0 Å². The lowest BCUT2D eigenvalue weighted by Crippen LogP contribution is -2.07. The number of nitriles is 6. The van der Waals surface area contributed by atoms with E-state index in [9.17, 15) is 31.6 Å². The molecule has 4 aromatic heterocycles. The second-order valence-corrected chi connectivity index (χ2v) is 5.00. The predicted molar refractivity (Wildman–Crippen MR) is 81.0 cm³/mol. The summed E-state index contributed by atoms with van der Waals surface area (Å²) in [6, 6.07) is 10.8. The van der Waals surface area contributed by atoms with E-state index in [2.05, 4.69) is 15.0 Å². The second-order valence-electron chi connectivity index (χ2n) is 5.00. The van der Waals surface area contributed by atoms with Crippen molar-refractivity contribution in [2.45, 2.75) is 0 Å². The van der Waals surface area contributed by atoms with E-state index in [0.29, 0.717) is 0 Å². The Morgan fingerprint density at radius 2 is 0.704 bits per heavy atom. The Hall–Kier alpha value is -5.43. The smallest absolute Gasteiger partial charge is 0.227 e. The van der Waals surface area contributed by atoms with Crippen LogP contribution in [0.5, 0.6) is 0 Å². The van der Waals surface area contributed by atoms with Gasteiger partial charge in [0.25, 0.3) is 0 Å². The highest BCUT2D eigenvalue weighted by atomic mass is 15.3. The molecule has 0 aliphatic carbocycles. The Bertz CT molecular complexity index is 1360. The topological polar surface area (TPSA) is 195 Å². The van der Waals surface area contributed by atoms with Gasteiger partial charge in [-0.05, 0) is 0 Å². The summed E-state index contributed by atoms with van der Waals surface area (Å²) < 4.78 is 3.41. The van der Waals surface area contributed by atoms with Gasteiger partial charge in [-0.3, -0.25) is 0 Å². The average molecular weight is 348 g/mol. The largest absolute Gasteiger partial charge is 0.236 e. The van der Waals surface area contributed by atoms with E-state index in [1.165, 1.54) is 0 Å². The molecule has 120 valence electrons. The Labute approximate surface area is 148 Å². The molecule has 12 nitrogen and oxygen atoms in total. The van der Waals surface area contributed by atoms with Crippen LogP contribution in [-0.2, 0) is 0 Å². The molecule has 0 spiro atoms. The van der Waals surface area contributed by atoms with E-state index in [4.69, 9.17) is 0 Å². The van der Waals surface area contributed by atoms with Gasteiger partial charge < -0.3 is 0 Å². The van der Waals surface area contributed by atoms with Crippen molar-refractivity contribution in [1.29, 1.82) is 31.6 Å². The number of imidazole rings is 3. The minimum atomic E-state index is -0.247. The van der Waals surface area contributed by atoms with Gasteiger partial charge in [-0.25, -0.2) is 13.2 Å². The van der Waals surface area contributed by atoms with E-state index >= 15 is 0 Å². The van der Waals surface area contributed by atoms with E-state index < -0.39 is 0 Å². The molecular formula is C15N12. The van der Waals surface area contributed by atoms with Crippen LogP contribution >= 0.6 is 0 Å². The summed E-state index contributed by atoms with van der Waals surface area (Å²) in [5.41, 5.74) is -1.34. The van der Waals surface area contributed by atoms with Gasteiger partial charge in [-0.2, -0.15) is 46.5 Å². The number of rotatable bonds is 0. The first-order chi connectivity index (χ1) is 13.1. The molecule has 0 amide bonds. The zero-order valence-corrected chi connectivity index (χ0v) is 12.9. The number of aromatic nitrogens is 6. The summed E-state index contributed by atoms with van der Waals surface area (Å²) in [4.78, 5) is 12.1. The van der Waals surface area contributed by atoms with Gasteiger partial charge in [0, 0.05) is 0 Å². The van der Waals surface area contributed by atoms with Crippen molar-refractivity contribution in [2.75, 3.05) is 0 Å². The molecule has 4 rings (SSSR count). The fourth-order valence-corrected chi connectivity index (χ4v) is 2.79. The van der Waals surface area contributed by atoms with Crippen molar-refractivity contribution in [3.8, 4) is 36.4 Å². The van der Waals surface area contributed by atoms with Gasteiger partial charge in [-0.15, -0.1) is 0 Å². The predicted octanol–water partition coefficient (Wildman–Crippen LogP) is -0.140. The maximum atomic E-state index is 9.47. The zero-order chi connectivity index (χ0) is 19.3. The summed E-state index contributed by atoms with van der Waals surface area (Å²) in [7, 11) is 0. The highest BCUT2D eigenvalue weighted by molar-refractivity contribution is 5.66. The SMILES string of the molecule is N#Cc1nc2n(c1C#N)c1nc(C#N)c(C#N)n1c1nc(C#N)c(C#N)n21. The molecule has 0 aliphatic heterocycles. The first kappa shape index (κ1) is 15.1. The van der Waals surface area contributed by atoms with Crippen molar-refractivity contribution < 1.29 is 0 Å². The summed E-state index contributed by atoms with van der Waals surface area (Å²) in [5.74, 6) is -0.222. The quantitative estimate of drug-likeness (QED) is 0.415. The number of hydrogen-bond donors (Lipinski definition) is 0. The Kier molecular flexibility index (Phi) is 2.82. The minimum Gasteiger partial charge on any atom is -0.236 e. The van der Waals surface area contributed by atoms with Gasteiger partial charge >= 0.3 is 0 Å². The standard InChI is InChI=1S/C15N12/c16-1-7-10(4-19)25-13(22-7)26-11(5-20)8(2-17)24-15(26)27-12(6-21)9(3-18)23-14(25)27. The van der Waals surface area contributed by atoms with Crippen LogP contribution in [0.25, 0.3) is 17.3 Å². The number of hydrogen-bond acceptors (Lipinski definition) is 9. The third-order valence-electron chi connectivity index (χ3n) is 3.81. The Morgan fingerprint density at radius 1 is 0.444 bits per heavy atom. The maximum Gasteiger partial charge on any atom is 0.227 e. The van der Waals surface area contributed by atoms with Crippen LogP contribution in [-0.4, -0.2) is 28.2 Å². The molecule has 4 heterocycles. The van der Waals surface area contributed by atoms with Gasteiger partial charge in [0.15, 0.2) is 34.2 Å². The van der Waals surface area contributed by atoms with E-state index in [1.807, 2.05) is 18.2 Å². The van der Waals surface area contributed by atoms with Crippen molar-refractivity contribution in [1.82, 2.24) is 28.2 Å². The van der Waals surface area contributed by atoms with Gasteiger partial charge in [-0.1, -0.05) is 0 Å². The van der Waals surface area contributed by atoms with Gasteiger partial charge in [0.1, 0.15) is 36.4 Å². The fourth-order valence-electron chi connectivity index (χ4n) is 2.79. The average Bonchev–Trinajstić information content (AvgIpc) is 3.36. The molecule has 27 heavy (non-hydrogen) atoms. The zero-order valence-electron chi connectivity index (χ0n) is 12.9. The summed E-state index contributed by atoms with van der Waals surface area (Å²) in [5, 5.41) is 56.2. The molecule has 0 aliphatic rings. The highest BCUT2D eigenvalue weighted by Crippen LogP contribution is 2.23. The van der Waals surface area contributed by atoms with E-state index in [0.717, 1.165) is 13.2 Å². The molecule has 0 unspecified atom stereocenters. The van der Waals surface area contributed by atoms with Crippen molar-refractivity contribution in [3.63, 3.8) is 0 Å². The first-order valence-electron chi connectivity index (χ1n) is 6.95. The molecule has 0 radical (unpaired) electrons. The second kappa shape index (κ2) is 5.03. The Morgan fingerprint density at radius 3 is 0.889 bits per heavy atom. The molecule has 0 bridgehead atoms. The molecule has 0 atom stereocenters. The van der Waals surface area contributed by atoms with E-state index in [1.54, 1.807) is 18.2 Å². The summed E-state index contributed by atoms with van der Waals surface area (Å²) in [6.45, 7) is 0. The van der Waals surface area contributed by atoms with Crippen LogP contribution in [0.15, 0.2) is 0 Å². The third kappa shape index (κ3) is 1.60. The van der Waals surface area contributed by atoms with Crippen LogP contribution in [0.4, 0.5) is 0 Å². The van der Waals surface area contributed by atoms with Crippen LogP contribution < -0.4 is 0 Å². The maximum absolute atomic E-state index is 9.47. The molecule has 12 heteroatoms. The molecular weight excluding hydrogens is 348 g/mol. The Balaban J connectivity index is 2.53. The van der Waals surface area contributed by atoms with Crippen LogP contribution in [0.2, 0.25) is 0 Å². The first-order valence-corrected chi connectivity index (χ1v) is 6.95. The molecule has 0 fully saturated rings. The van der Waals surface area contributed by atoms with Gasteiger partial charge in [0.05, 0.1) is 0 Å².